The van der Waals surface area contributed by atoms with Gasteiger partial charge in [0.2, 0.25) is 5.91 Å². The predicted molar refractivity (Wildman–Crippen MR) is 75.8 cm³/mol. The molecule has 7 nitrogen and oxygen atoms in total. The molecule has 1 aromatic rings. The average molecular weight is 281 g/mol. The zero-order valence-corrected chi connectivity index (χ0v) is 11.3. The number of ether oxygens (including phenoxy) is 1. The average Bonchev–Trinajstić information content (AvgIpc) is 2.40. The molecule has 0 saturated heterocycles. The molecule has 0 fully saturated rings. The molecule has 0 spiro atoms. The number of hydrogen-bond donors (Lipinski definition) is 4. The van der Waals surface area contributed by atoms with Gasteiger partial charge in [0.1, 0.15) is 0 Å². The van der Waals surface area contributed by atoms with Crippen molar-refractivity contribution in [1.82, 2.24) is 5.32 Å². The first kappa shape index (κ1) is 15.8. The second-order valence-corrected chi connectivity index (χ2v) is 4.09. The van der Waals surface area contributed by atoms with Crippen LogP contribution in [0.3, 0.4) is 0 Å². The van der Waals surface area contributed by atoms with E-state index in [4.69, 9.17) is 15.6 Å². The molecule has 1 aromatic carbocycles. The van der Waals surface area contributed by atoms with Crippen molar-refractivity contribution in [2.45, 2.75) is 6.42 Å². The Hall–Kier alpha value is -2.28. The van der Waals surface area contributed by atoms with E-state index in [9.17, 15) is 9.59 Å². The molecule has 1 amide bonds. The summed E-state index contributed by atoms with van der Waals surface area (Å²) in [5.74, 6) is -1.19. The quantitative estimate of drug-likeness (QED) is 0.408. The maximum absolute atomic E-state index is 11.4. The van der Waals surface area contributed by atoms with E-state index in [1.54, 1.807) is 19.2 Å². The second-order valence-electron chi connectivity index (χ2n) is 4.09. The Labute approximate surface area is 117 Å². The molecule has 0 aliphatic heterocycles. The van der Waals surface area contributed by atoms with Crippen LogP contribution in [0, 0.1) is 0 Å². The Bertz CT molecular complexity index is 477. The molecule has 20 heavy (non-hydrogen) atoms. The van der Waals surface area contributed by atoms with Gasteiger partial charge >= 0.3 is 5.97 Å². The van der Waals surface area contributed by atoms with Crippen molar-refractivity contribution in [1.29, 1.82) is 0 Å². The summed E-state index contributed by atoms with van der Waals surface area (Å²) in [6.07, 6.45) is 0.264. The third-order valence-corrected chi connectivity index (χ3v) is 2.63. The van der Waals surface area contributed by atoms with Crippen LogP contribution >= 0.6 is 0 Å². The van der Waals surface area contributed by atoms with E-state index in [1.165, 1.54) is 6.07 Å². The highest BCUT2D eigenvalue weighted by Gasteiger charge is 2.10. The first-order chi connectivity index (χ1) is 9.56. The Morgan fingerprint density at radius 1 is 1.35 bits per heavy atom. The lowest BCUT2D eigenvalue weighted by Gasteiger charge is -2.11. The number of carboxylic acid groups (broad SMARTS) is 1. The highest BCUT2D eigenvalue weighted by molar-refractivity contribution is 5.97. The van der Waals surface area contributed by atoms with Crippen molar-refractivity contribution >= 4 is 23.3 Å². The Morgan fingerprint density at radius 2 is 2.10 bits per heavy atom. The van der Waals surface area contributed by atoms with Crippen LogP contribution in [-0.2, 0) is 9.53 Å². The van der Waals surface area contributed by atoms with E-state index in [0.29, 0.717) is 25.4 Å². The van der Waals surface area contributed by atoms with Crippen LogP contribution in [0.2, 0.25) is 0 Å². The van der Waals surface area contributed by atoms with Gasteiger partial charge in [0.15, 0.2) is 0 Å². The smallest absolute Gasteiger partial charge is 0.337 e. The molecule has 0 radical (unpaired) electrons. The number of amides is 1. The van der Waals surface area contributed by atoms with Crippen molar-refractivity contribution in [3.63, 3.8) is 0 Å². The number of carbonyl (C=O) groups is 2. The minimum atomic E-state index is -1.08. The second kappa shape index (κ2) is 8.00. The molecule has 0 saturated carbocycles. The van der Waals surface area contributed by atoms with Gasteiger partial charge in [0.25, 0.3) is 0 Å². The molecule has 0 atom stereocenters. The molecular formula is C13H19N3O4. The van der Waals surface area contributed by atoms with Crippen molar-refractivity contribution in [2.75, 3.05) is 37.9 Å². The summed E-state index contributed by atoms with van der Waals surface area (Å²) in [7, 11) is 1.56. The number of carboxylic acids is 1. The number of para-hydroxylation sites is 1. The van der Waals surface area contributed by atoms with E-state index in [1.807, 2.05) is 0 Å². The van der Waals surface area contributed by atoms with E-state index >= 15 is 0 Å². The van der Waals surface area contributed by atoms with Gasteiger partial charge < -0.3 is 26.2 Å². The number of anilines is 2. The number of methoxy groups -OCH3 is 1. The van der Waals surface area contributed by atoms with Gasteiger partial charge in [-0.3, -0.25) is 4.79 Å². The summed E-state index contributed by atoms with van der Waals surface area (Å²) in [5.41, 5.74) is 6.46. The first-order valence-electron chi connectivity index (χ1n) is 6.17. The van der Waals surface area contributed by atoms with Gasteiger partial charge in [-0.1, -0.05) is 6.07 Å². The Kier molecular flexibility index (Phi) is 6.31. The Morgan fingerprint density at radius 3 is 2.75 bits per heavy atom. The van der Waals surface area contributed by atoms with E-state index in [0.717, 1.165) is 0 Å². The summed E-state index contributed by atoms with van der Waals surface area (Å²) in [5, 5.41) is 14.6. The van der Waals surface area contributed by atoms with Crippen LogP contribution in [0.4, 0.5) is 11.4 Å². The summed E-state index contributed by atoms with van der Waals surface area (Å²) < 4.78 is 4.81. The number of aromatic carboxylic acids is 1. The first-order valence-corrected chi connectivity index (χ1v) is 6.17. The lowest BCUT2D eigenvalue weighted by atomic mass is 10.1. The fraction of sp³-hybridized carbons (Fsp3) is 0.385. The fourth-order valence-corrected chi connectivity index (χ4v) is 1.60. The normalized spacial score (nSPS) is 10.1. The van der Waals surface area contributed by atoms with Gasteiger partial charge in [-0.05, 0) is 12.1 Å². The zero-order valence-electron chi connectivity index (χ0n) is 11.3. The third-order valence-electron chi connectivity index (χ3n) is 2.63. The lowest BCUT2D eigenvalue weighted by Crippen LogP contribution is -2.28. The number of rotatable bonds is 8. The molecule has 0 aliphatic rings. The SMILES string of the molecule is COCCNC(=O)CCNc1cccc(C(=O)O)c1N. The summed E-state index contributed by atoms with van der Waals surface area (Å²) in [4.78, 5) is 22.4. The maximum Gasteiger partial charge on any atom is 0.337 e. The van der Waals surface area contributed by atoms with Crippen LogP contribution in [-0.4, -0.2) is 43.8 Å². The van der Waals surface area contributed by atoms with Gasteiger partial charge in [-0.2, -0.15) is 0 Å². The molecule has 0 aromatic heterocycles. The van der Waals surface area contributed by atoms with E-state index in [-0.39, 0.29) is 23.6 Å². The molecule has 0 unspecified atom stereocenters. The molecule has 5 N–H and O–H groups in total. The minimum Gasteiger partial charge on any atom is -0.478 e. The molecule has 0 aliphatic carbocycles. The number of carbonyl (C=O) groups excluding carboxylic acids is 1. The lowest BCUT2D eigenvalue weighted by molar-refractivity contribution is -0.121. The predicted octanol–water partition coefficient (Wildman–Crippen LogP) is 0.532. The monoisotopic (exact) mass is 281 g/mol. The topological polar surface area (TPSA) is 114 Å². The van der Waals surface area contributed by atoms with Crippen molar-refractivity contribution < 1.29 is 19.4 Å². The van der Waals surface area contributed by atoms with E-state index in [2.05, 4.69) is 10.6 Å². The largest absolute Gasteiger partial charge is 0.478 e. The van der Waals surface area contributed by atoms with Gasteiger partial charge in [-0.25, -0.2) is 4.79 Å². The van der Waals surface area contributed by atoms with Gasteiger partial charge in [0, 0.05) is 26.6 Å². The van der Waals surface area contributed by atoms with Crippen LogP contribution in [0.1, 0.15) is 16.8 Å². The summed E-state index contributed by atoms with van der Waals surface area (Å²) in [6, 6.07) is 4.70. The van der Waals surface area contributed by atoms with E-state index < -0.39 is 5.97 Å². The standard InChI is InChI=1S/C13H19N3O4/c1-20-8-7-16-11(17)5-6-15-10-4-2-3-9(12(10)14)13(18)19/h2-4,15H,5-8,14H2,1H3,(H,16,17)(H,18,19). The highest BCUT2D eigenvalue weighted by atomic mass is 16.5. The maximum atomic E-state index is 11.4. The number of nitrogen functional groups attached to an aromatic ring is 1. The molecule has 1 rings (SSSR count). The highest BCUT2D eigenvalue weighted by Crippen LogP contribution is 2.22. The minimum absolute atomic E-state index is 0.0412. The van der Waals surface area contributed by atoms with Crippen LogP contribution in [0.15, 0.2) is 18.2 Å². The molecule has 0 bridgehead atoms. The number of nitrogens with one attached hydrogen (secondary N) is 2. The van der Waals surface area contributed by atoms with Crippen molar-refractivity contribution in [3.05, 3.63) is 23.8 Å². The van der Waals surface area contributed by atoms with Crippen LogP contribution in [0.25, 0.3) is 0 Å². The number of nitrogens with two attached hydrogens (primary N) is 1. The Balaban J connectivity index is 2.44. The fourth-order valence-electron chi connectivity index (χ4n) is 1.60. The van der Waals surface area contributed by atoms with Crippen LogP contribution in [0.5, 0.6) is 0 Å². The zero-order chi connectivity index (χ0) is 15.0. The number of hydrogen-bond acceptors (Lipinski definition) is 5. The summed E-state index contributed by atoms with van der Waals surface area (Å²) >= 11 is 0. The van der Waals surface area contributed by atoms with Gasteiger partial charge in [0.05, 0.1) is 23.5 Å². The van der Waals surface area contributed by atoms with Gasteiger partial charge in [-0.15, -0.1) is 0 Å². The molecule has 0 heterocycles. The third kappa shape index (κ3) is 4.77. The molecule has 110 valence electrons. The summed E-state index contributed by atoms with van der Waals surface area (Å²) in [6.45, 7) is 1.30. The van der Waals surface area contributed by atoms with Crippen molar-refractivity contribution in [3.8, 4) is 0 Å². The molecule has 7 heteroatoms. The molecular weight excluding hydrogens is 262 g/mol. The number of benzene rings is 1. The van der Waals surface area contributed by atoms with Crippen LogP contribution < -0.4 is 16.4 Å². The van der Waals surface area contributed by atoms with Crippen molar-refractivity contribution in [2.24, 2.45) is 0 Å².